The lowest BCUT2D eigenvalue weighted by Crippen LogP contribution is -2.33. The zero-order valence-electron chi connectivity index (χ0n) is 19.6. The average Bonchev–Trinajstić information content (AvgIpc) is 3.18. The van der Waals surface area contributed by atoms with Crippen LogP contribution in [0.5, 0.6) is 0 Å². The lowest BCUT2D eigenvalue weighted by Gasteiger charge is -2.22. The number of benzene rings is 1. The Morgan fingerprint density at radius 3 is 2.52 bits per heavy atom. The third-order valence-corrected chi connectivity index (χ3v) is 6.03. The number of nitrogens with zero attached hydrogens (tertiary/aromatic N) is 4. The number of rotatable bonds is 9. The molecule has 2 N–H and O–H groups in total. The fourth-order valence-corrected chi connectivity index (χ4v) is 4.21. The molecular formula is C24H30N6O2S. The number of thioether (sulfide) groups is 1. The summed E-state index contributed by atoms with van der Waals surface area (Å²) in [6, 6.07) is 12.7. The standard InChI is InChI=1S/C24H30N6O2S/c1-6-30-22(21(15(2)3)27-23(32)18-11-7-9-16(4)13-18)28-29-24(30)33-14-20(31)26-19-12-8-10-17(5)25-19/h7-13,15,21H,6,14H2,1-5H3,(H,27,32)(H,25,26,31)/t21-/m1/s1. The monoisotopic (exact) mass is 466 g/mol. The van der Waals surface area contributed by atoms with E-state index in [2.05, 4.69) is 25.8 Å². The van der Waals surface area contributed by atoms with Crippen LogP contribution in [0.25, 0.3) is 0 Å². The van der Waals surface area contributed by atoms with Crippen LogP contribution in [0.4, 0.5) is 5.82 Å². The zero-order valence-corrected chi connectivity index (χ0v) is 20.4. The number of anilines is 1. The summed E-state index contributed by atoms with van der Waals surface area (Å²) in [6.07, 6.45) is 0. The second-order valence-electron chi connectivity index (χ2n) is 8.15. The molecule has 9 heteroatoms. The number of hydrogen-bond acceptors (Lipinski definition) is 6. The summed E-state index contributed by atoms with van der Waals surface area (Å²) in [5, 5.41) is 15.2. The smallest absolute Gasteiger partial charge is 0.251 e. The normalized spacial score (nSPS) is 11.9. The van der Waals surface area contributed by atoms with E-state index in [-0.39, 0.29) is 29.5 Å². The molecule has 1 atom stereocenters. The molecule has 2 heterocycles. The lowest BCUT2D eigenvalue weighted by atomic mass is 10.0. The minimum absolute atomic E-state index is 0.0989. The van der Waals surface area contributed by atoms with Gasteiger partial charge in [-0.2, -0.15) is 0 Å². The predicted octanol–water partition coefficient (Wildman–Crippen LogP) is 4.17. The van der Waals surface area contributed by atoms with E-state index in [4.69, 9.17) is 0 Å². The molecule has 0 aliphatic carbocycles. The van der Waals surface area contributed by atoms with Gasteiger partial charge in [0.1, 0.15) is 5.82 Å². The molecule has 0 aliphatic rings. The van der Waals surface area contributed by atoms with Crippen molar-refractivity contribution in [3.8, 4) is 0 Å². The summed E-state index contributed by atoms with van der Waals surface area (Å²) < 4.78 is 1.95. The Hall–Kier alpha value is -3.20. The van der Waals surface area contributed by atoms with E-state index in [0.717, 1.165) is 11.3 Å². The molecule has 33 heavy (non-hydrogen) atoms. The Kier molecular flexibility index (Phi) is 8.21. The van der Waals surface area contributed by atoms with Crippen LogP contribution in [0.15, 0.2) is 47.6 Å². The molecule has 0 spiro atoms. The predicted molar refractivity (Wildman–Crippen MR) is 130 cm³/mol. The third kappa shape index (κ3) is 6.41. The van der Waals surface area contributed by atoms with Crippen molar-refractivity contribution >= 4 is 29.4 Å². The van der Waals surface area contributed by atoms with Crippen LogP contribution in [0.2, 0.25) is 0 Å². The molecule has 0 saturated heterocycles. The summed E-state index contributed by atoms with van der Waals surface area (Å²) in [7, 11) is 0. The van der Waals surface area contributed by atoms with Crippen LogP contribution >= 0.6 is 11.8 Å². The Morgan fingerprint density at radius 1 is 1.09 bits per heavy atom. The van der Waals surface area contributed by atoms with Gasteiger partial charge in [0.05, 0.1) is 11.8 Å². The van der Waals surface area contributed by atoms with Crippen LogP contribution in [0, 0.1) is 19.8 Å². The van der Waals surface area contributed by atoms with Crippen LogP contribution in [0.3, 0.4) is 0 Å². The van der Waals surface area contributed by atoms with E-state index in [1.165, 1.54) is 11.8 Å². The molecule has 174 valence electrons. The van der Waals surface area contributed by atoms with Crippen molar-refractivity contribution in [1.29, 1.82) is 0 Å². The zero-order chi connectivity index (χ0) is 24.0. The highest BCUT2D eigenvalue weighted by atomic mass is 32.2. The highest BCUT2D eigenvalue weighted by Crippen LogP contribution is 2.25. The lowest BCUT2D eigenvalue weighted by molar-refractivity contribution is -0.113. The summed E-state index contributed by atoms with van der Waals surface area (Å²) in [5.41, 5.74) is 2.47. The molecule has 2 amide bonds. The minimum Gasteiger partial charge on any atom is -0.342 e. The van der Waals surface area contributed by atoms with Gasteiger partial charge in [0.2, 0.25) is 5.91 Å². The first-order chi connectivity index (χ1) is 15.8. The Balaban J connectivity index is 1.71. The van der Waals surface area contributed by atoms with E-state index < -0.39 is 0 Å². The molecule has 3 rings (SSSR count). The number of aromatic nitrogens is 4. The molecule has 0 unspecified atom stereocenters. The summed E-state index contributed by atoms with van der Waals surface area (Å²) in [4.78, 5) is 29.6. The number of carbonyl (C=O) groups excluding carboxylic acids is 2. The molecule has 2 aromatic heterocycles. The van der Waals surface area contributed by atoms with Crippen LogP contribution in [-0.2, 0) is 11.3 Å². The van der Waals surface area contributed by atoms with Crippen molar-refractivity contribution in [1.82, 2.24) is 25.1 Å². The second-order valence-corrected chi connectivity index (χ2v) is 9.09. The summed E-state index contributed by atoms with van der Waals surface area (Å²) in [5.74, 6) is 1.16. The van der Waals surface area contributed by atoms with Crippen LogP contribution in [0.1, 0.15) is 54.3 Å². The first-order valence-corrected chi connectivity index (χ1v) is 11.9. The highest BCUT2D eigenvalue weighted by Gasteiger charge is 2.26. The SMILES string of the molecule is CCn1c(SCC(=O)Nc2cccc(C)n2)nnc1[C@H](NC(=O)c1cccc(C)c1)C(C)C. The van der Waals surface area contributed by atoms with Gasteiger partial charge >= 0.3 is 0 Å². The first-order valence-electron chi connectivity index (χ1n) is 11.0. The van der Waals surface area contributed by atoms with Gasteiger partial charge in [0.15, 0.2) is 11.0 Å². The van der Waals surface area contributed by atoms with Crippen molar-refractivity contribution in [2.45, 2.75) is 52.4 Å². The van der Waals surface area contributed by atoms with Gasteiger partial charge in [-0.25, -0.2) is 4.98 Å². The average molecular weight is 467 g/mol. The quantitative estimate of drug-likeness (QED) is 0.459. The van der Waals surface area contributed by atoms with Gasteiger partial charge in [-0.3, -0.25) is 9.59 Å². The third-order valence-electron chi connectivity index (χ3n) is 5.06. The van der Waals surface area contributed by atoms with E-state index in [0.29, 0.717) is 28.9 Å². The molecular weight excluding hydrogens is 436 g/mol. The van der Waals surface area contributed by atoms with Gasteiger partial charge < -0.3 is 15.2 Å². The van der Waals surface area contributed by atoms with Gasteiger partial charge in [-0.05, 0) is 51.0 Å². The fourth-order valence-electron chi connectivity index (χ4n) is 3.40. The van der Waals surface area contributed by atoms with Crippen molar-refractivity contribution in [2.24, 2.45) is 5.92 Å². The van der Waals surface area contributed by atoms with Crippen molar-refractivity contribution < 1.29 is 9.59 Å². The number of pyridine rings is 1. The maximum absolute atomic E-state index is 12.9. The number of amides is 2. The second kappa shape index (κ2) is 11.1. The first kappa shape index (κ1) is 24.4. The molecule has 0 saturated carbocycles. The van der Waals surface area contributed by atoms with Crippen molar-refractivity contribution in [2.75, 3.05) is 11.1 Å². The minimum atomic E-state index is -0.315. The summed E-state index contributed by atoms with van der Waals surface area (Å²) in [6.45, 7) is 10.5. The Bertz CT molecular complexity index is 1130. The highest BCUT2D eigenvalue weighted by molar-refractivity contribution is 7.99. The van der Waals surface area contributed by atoms with Crippen molar-refractivity contribution in [3.05, 3.63) is 65.1 Å². The van der Waals surface area contributed by atoms with Crippen molar-refractivity contribution in [3.63, 3.8) is 0 Å². The Labute approximate surface area is 198 Å². The van der Waals surface area contributed by atoms with Crippen LogP contribution < -0.4 is 10.6 Å². The van der Waals surface area contributed by atoms with E-state index >= 15 is 0 Å². The molecule has 0 bridgehead atoms. The fraction of sp³-hybridized carbons (Fsp3) is 0.375. The maximum atomic E-state index is 12.9. The number of hydrogen-bond donors (Lipinski definition) is 2. The van der Waals surface area contributed by atoms with Crippen LogP contribution in [-0.4, -0.2) is 37.3 Å². The van der Waals surface area contributed by atoms with Gasteiger partial charge in [-0.1, -0.05) is 49.4 Å². The largest absolute Gasteiger partial charge is 0.342 e. The number of aryl methyl sites for hydroxylation is 2. The topological polar surface area (TPSA) is 102 Å². The van der Waals surface area contributed by atoms with E-state index in [1.54, 1.807) is 12.1 Å². The molecule has 8 nitrogen and oxygen atoms in total. The van der Waals surface area contributed by atoms with Gasteiger partial charge in [-0.15, -0.1) is 10.2 Å². The summed E-state index contributed by atoms with van der Waals surface area (Å²) >= 11 is 1.31. The molecule has 0 aliphatic heterocycles. The van der Waals surface area contributed by atoms with E-state index in [9.17, 15) is 9.59 Å². The van der Waals surface area contributed by atoms with Gasteiger partial charge in [0.25, 0.3) is 5.91 Å². The molecule has 0 radical (unpaired) electrons. The maximum Gasteiger partial charge on any atom is 0.251 e. The molecule has 3 aromatic rings. The number of nitrogens with one attached hydrogen (secondary N) is 2. The van der Waals surface area contributed by atoms with E-state index in [1.807, 2.05) is 69.5 Å². The molecule has 1 aromatic carbocycles. The Morgan fingerprint density at radius 2 is 1.85 bits per heavy atom. The van der Waals surface area contributed by atoms with Gasteiger partial charge in [0, 0.05) is 17.8 Å². The molecule has 0 fully saturated rings. The number of carbonyl (C=O) groups is 2.